The lowest BCUT2D eigenvalue weighted by Crippen LogP contribution is -2.42. The maximum absolute atomic E-state index is 12.2. The van der Waals surface area contributed by atoms with E-state index in [2.05, 4.69) is 0 Å². The third kappa shape index (κ3) is 1.91. The molecule has 0 radical (unpaired) electrons. The first-order valence-corrected chi connectivity index (χ1v) is 6.81. The fraction of sp³-hybridized carbons (Fsp3) is 0.438. The van der Waals surface area contributed by atoms with Gasteiger partial charge in [0.25, 0.3) is 0 Å². The number of aliphatic hydroxyl groups excluding tert-OH is 1. The standard InChI is InChI=1S/C16H18O4/c1-9-4-5-11-12(6-9)19-15(18)13-10(2)7-16(3,8-17)20-14(11)13/h4-6,10,17H,7-8H2,1-3H3/t10-,16-/m0/s1. The van der Waals surface area contributed by atoms with E-state index in [1.807, 2.05) is 39.0 Å². The minimum absolute atomic E-state index is 0.00199. The molecule has 0 saturated carbocycles. The quantitative estimate of drug-likeness (QED) is 0.812. The first-order valence-electron chi connectivity index (χ1n) is 6.81. The third-order valence-electron chi connectivity index (χ3n) is 3.96. The van der Waals surface area contributed by atoms with Crippen molar-refractivity contribution in [3.63, 3.8) is 0 Å². The van der Waals surface area contributed by atoms with Crippen LogP contribution in [0.3, 0.4) is 0 Å². The van der Waals surface area contributed by atoms with E-state index in [0.717, 1.165) is 10.9 Å². The van der Waals surface area contributed by atoms with Crippen LogP contribution < -0.4 is 10.4 Å². The van der Waals surface area contributed by atoms with Crippen molar-refractivity contribution in [1.29, 1.82) is 0 Å². The molecular formula is C16H18O4. The molecule has 1 N–H and O–H groups in total. The summed E-state index contributed by atoms with van der Waals surface area (Å²) in [5.41, 5.74) is 1.13. The van der Waals surface area contributed by atoms with Gasteiger partial charge >= 0.3 is 5.63 Å². The molecular weight excluding hydrogens is 256 g/mol. The molecule has 0 fully saturated rings. The molecule has 4 heteroatoms. The summed E-state index contributed by atoms with van der Waals surface area (Å²) < 4.78 is 11.4. The minimum atomic E-state index is -0.655. The monoisotopic (exact) mass is 274 g/mol. The molecule has 20 heavy (non-hydrogen) atoms. The minimum Gasteiger partial charge on any atom is -0.484 e. The van der Waals surface area contributed by atoms with E-state index in [-0.39, 0.29) is 18.2 Å². The van der Waals surface area contributed by atoms with Gasteiger partial charge in [0.2, 0.25) is 0 Å². The Morgan fingerprint density at radius 3 is 2.90 bits per heavy atom. The molecule has 0 unspecified atom stereocenters. The van der Waals surface area contributed by atoms with Crippen molar-refractivity contribution in [3.05, 3.63) is 39.7 Å². The summed E-state index contributed by atoms with van der Waals surface area (Å²) in [5, 5.41) is 10.3. The van der Waals surface area contributed by atoms with Crippen LogP contribution in [-0.4, -0.2) is 17.3 Å². The molecule has 2 aromatic rings. The molecule has 4 nitrogen and oxygen atoms in total. The Labute approximate surface area is 117 Å². The summed E-state index contributed by atoms with van der Waals surface area (Å²) in [7, 11) is 0. The third-order valence-corrected chi connectivity index (χ3v) is 3.96. The maximum Gasteiger partial charge on any atom is 0.343 e. The predicted octanol–water partition coefficient (Wildman–Crippen LogP) is 2.74. The molecule has 0 aliphatic carbocycles. The zero-order valence-corrected chi connectivity index (χ0v) is 11.9. The molecule has 3 rings (SSSR count). The zero-order valence-electron chi connectivity index (χ0n) is 11.9. The molecule has 2 heterocycles. The summed E-state index contributed by atoms with van der Waals surface area (Å²) in [6, 6.07) is 5.69. The Morgan fingerprint density at radius 2 is 2.20 bits per heavy atom. The average Bonchev–Trinajstić information content (AvgIpc) is 2.37. The predicted molar refractivity (Wildman–Crippen MR) is 76.4 cm³/mol. The van der Waals surface area contributed by atoms with E-state index < -0.39 is 5.60 Å². The van der Waals surface area contributed by atoms with Gasteiger partial charge in [-0.05, 0) is 43.9 Å². The van der Waals surface area contributed by atoms with Crippen LogP contribution >= 0.6 is 0 Å². The first-order chi connectivity index (χ1) is 9.43. The van der Waals surface area contributed by atoms with Gasteiger partial charge in [-0.1, -0.05) is 13.0 Å². The van der Waals surface area contributed by atoms with E-state index >= 15 is 0 Å². The molecule has 2 atom stereocenters. The number of ether oxygens (including phenoxy) is 1. The number of hydrogen-bond acceptors (Lipinski definition) is 4. The van der Waals surface area contributed by atoms with E-state index in [4.69, 9.17) is 9.15 Å². The van der Waals surface area contributed by atoms with Gasteiger partial charge in [-0.15, -0.1) is 0 Å². The second-order valence-corrected chi connectivity index (χ2v) is 5.95. The number of hydrogen-bond donors (Lipinski definition) is 1. The number of aryl methyl sites for hydroxylation is 1. The van der Waals surface area contributed by atoms with Crippen LogP contribution in [0.25, 0.3) is 11.0 Å². The van der Waals surface area contributed by atoms with Crippen molar-refractivity contribution >= 4 is 11.0 Å². The van der Waals surface area contributed by atoms with Gasteiger partial charge in [0.1, 0.15) is 16.9 Å². The van der Waals surface area contributed by atoms with Gasteiger partial charge in [0.05, 0.1) is 17.6 Å². The highest BCUT2D eigenvalue weighted by atomic mass is 16.5. The van der Waals surface area contributed by atoms with Gasteiger partial charge in [-0.3, -0.25) is 0 Å². The Kier molecular flexibility index (Phi) is 2.87. The van der Waals surface area contributed by atoms with Gasteiger partial charge in [0, 0.05) is 0 Å². The second-order valence-electron chi connectivity index (χ2n) is 5.95. The highest BCUT2D eigenvalue weighted by Gasteiger charge is 2.38. The van der Waals surface area contributed by atoms with Crippen LogP contribution in [0.5, 0.6) is 5.75 Å². The Hall–Kier alpha value is -1.81. The van der Waals surface area contributed by atoms with Gasteiger partial charge in [-0.25, -0.2) is 4.79 Å². The van der Waals surface area contributed by atoms with Gasteiger partial charge < -0.3 is 14.3 Å². The van der Waals surface area contributed by atoms with E-state index in [1.165, 1.54) is 0 Å². The molecule has 106 valence electrons. The van der Waals surface area contributed by atoms with E-state index in [9.17, 15) is 9.90 Å². The van der Waals surface area contributed by atoms with Crippen LogP contribution in [0, 0.1) is 6.92 Å². The van der Waals surface area contributed by atoms with E-state index in [0.29, 0.717) is 23.3 Å². The number of aliphatic hydroxyl groups is 1. The lowest BCUT2D eigenvalue weighted by atomic mass is 9.85. The van der Waals surface area contributed by atoms with Crippen molar-refractivity contribution in [3.8, 4) is 5.75 Å². The van der Waals surface area contributed by atoms with Crippen LogP contribution in [0.2, 0.25) is 0 Å². The van der Waals surface area contributed by atoms with Gasteiger partial charge in [-0.2, -0.15) is 0 Å². The lowest BCUT2D eigenvalue weighted by Gasteiger charge is -2.37. The van der Waals surface area contributed by atoms with Crippen molar-refractivity contribution in [2.75, 3.05) is 6.61 Å². The molecule has 1 aliphatic rings. The SMILES string of the molecule is Cc1ccc2c3c(c(=O)oc2c1)[C@@H](C)C[C@@](C)(CO)O3. The molecule has 0 bridgehead atoms. The van der Waals surface area contributed by atoms with E-state index in [1.54, 1.807) is 0 Å². The molecule has 1 aromatic carbocycles. The molecule has 0 saturated heterocycles. The fourth-order valence-electron chi connectivity index (χ4n) is 2.96. The number of rotatable bonds is 1. The summed E-state index contributed by atoms with van der Waals surface area (Å²) >= 11 is 0. The summed E-state index contributed by atoms with van der Waals surface area (Å²) in [6.07, 6.45) is 0.596. The molecule has 1 aliphatic heterocycles. The Balaban J connectivity index is 2.33. The first kappa shape index (κ1) is 13.2. The van der Waals surface area contributed by atoms with Crippen molar-refractivity contribution in [2.45, 2.75) is 38.7 Å². The van der Waals surface area contributed by atoms with Gasteiger partial charge in [0.15, 0.2) is 0 Å². The highest BCUT2D eigenvalue weighted by Crippen LogP contribution is 2.42. The number of fused-ring (bicyclic) bond motifs is 3. The van der Waals surface area contributed by atoms with Crippen molar-refractivity contribution in [2.24, 2.45) is 0 Å². The lowest BCUT2D eigenvalue weighted by molar-refractivity contribution is 0.00167. The summed E-state index contributed by atoms with van der Waals surface area (Å²) in [5.74, 6) is 0.560. The topological polar surface area (TPSA) is 59.7 Å². The van der Waals surface area contributed by atoms with Crippen LogP contribution in [0.1, 0.15) is 37.3 Å². The average molecular weight is 274 g/mol. The largest absolute Gasteiger partial charge is 0.484 e. The Bertz CT molecular complexity index is 731. The maximum atomic E-state index is 12.2. The Morgan fingerprint density at radius 1 is 1.45 bits per heavy atom. The second kappa shape index (κ2) is 4.35. The normalized spacial score (nSPS) is 25.3. The highest BCUT2D eigenvalue weighted by molar-refractivity contribution is 5.85. The fourth-order valence-corrected chi connectivity index (χ4v) is 2.96. The molecule has 0 spiro atoms. The zero-order chi connectivity index (χ0) is 14.5. The van der Waals surface area contributed by atoms with Crippen molar-refractivity contribution in [1.82, 2.24) is 0 Å². The van der Waals surface area contributed by atoms with Crippen LogP contribution in [-0.2, 0) is 0 Å². The van der Waals surface area contributed by atoms with Crippen LogP contribution in [0.4, 0.5) is 0 Å². The smallest absolute Gasteiger partial charge is 0.343 e. The summed E-state index contributed by atoms with van der Waals surface area (Å²) in [6.45, 7) is 5.69. The van der Waals surface area contributed by atoms with Crippen molar-refractivity contribution < 1.29 is 14.3 Å². The summed E-state index contributed by atoms with van der Waals surface area (Å²) in [4.78, 5) is 12.2. The molecule has 1 aromatic heterocycles. The molecule has 0 amide bonds. The van der Waals surface area contributed by atoms with Crippen LogP contribution in [0.15, 0.2) is 27.4 Å². The number of benzene rings is 1.